The van der Waals surface area contributed by atoms with Gasteiger partial charge in [0.2, 0.25) is 0 Å². The van der Waals surface area contributed by atoms with Gasteiger partial charge in [-0.3, -0.25) is 4.79 Å². The Balaban J connectivity index is 1.33. The van der Waals surface area contributed by atoms with E-state index in [1.54, 1.807) is 12.1 Å². The van der Waals surface area contributed by atoms with Crippen LogP contribution in [0.15, 0.2) is 36.4 Å². The number of urea groups is 1. The van der Waals surface area contributed by atoms with Gasteiger partial charge in [0.25, 0.3) is 0 Å². The molecule has 2 aromatic heterocycles. The second-order valence-electron chi connectivity index (χ2n) is 9.07. The van der Waals surface area contributed by atoms with Gasteiger partial charge in [-0.1, -0.05) is 12.1 Å². The molecule has 8 nitrogen and oxygen atoms in total. The van der Waals surface area contributed by atoms with Crippen LogP contribution in [0.1, 0.15) is 42.1 Å². The number of hydrogen-bond acceptors (Lipinski definition) is 5. The van der Waals surface area contributed by atoms with Crippen molar-refractivity contribution in [1.29, 1.82) is 0 Å². The highest BCUT2D eigenvalue weighted by molar-refractivity contribution is 5.87. The van der Waals surface area contributed by atoms with Crippen LogP contribution in [0.2, 0.25) is 0 Å². The number of aromatic nitrogens is 3. The lowest BCUT2D eigenvalue weighted by molar-refractivity contribution is -0.119. The molecular formula is C24H27FN6O2. The predicted octanol–water partition coefficient (Wildman–Crippen LogP) is 2.73. The first-order chi connectivity index (χ1) is 15.9. The predicted molar refractivity (Wildman–Crippen MR) is 122 cm³/mol. The molecule has 0 radical (unpaired) electrons. The van der Waals surface area contributed by atoms with E-state index in [1.807, 2.05) is 23.6 Å². The maximum Gasteiger partial charge on any atom is 0.312 e. The number of ketones is 1. The Morgan fingerprint density at radius 2 is 1.91 bits per heavy atom. The third-order valence-corrected chi connectivity index (χ3v) is 6.61. The quantitative estimate of drug-likeness (QED) is 0.601. The van der Waals surface area contributed by atoms with Crippen LogP contribution >= 0.6 is 0 Å². The zero-order valence-electron chi connectivity index (χ0n) is 18.5. The van der Waals surface area contributed by atoms with Crippen molar-refractivity contribution in [2.45, 2.75) is 44.6 Å². The third kappa shape index (κ3) is 4.53. The third-order valence-electron chi connectivity index (χ3n) is 6.61. The molecule has 3 heterocycles. The molecular weight excluding hydrogens is 423 g/mol. The van der Waals surface area contributed by atoms with Gasteiger partial charge in [-0.15, -0.1) is 0 Å². The van der Waals surface area contributed by atoms with Crippen molar-refractivity contribution >= 4 is 23.3 Å². The van der Waals surface area contributed by atoms with Crippen LogP contribution < -0.4 is 16.0 Å². The van der Waals surface area contributed by atoms with Gasteiger partial charge in [0.15, 0.2) is 5.65 Å². The largest absolute Gasteiger partial charge is 0.356 e. The Bertz CT molecular complexity index is 1200. The summed E-state index contributed by atoms with van der Waals surface area (Å²) >= 11 is 0. The number of fused-ring (bicyclic) bond motifs is 1. The second-order valence-corrected chi connectivity index (χ2v) is 9.07. The molecule has 33 heavy (non-hydrogen) atoms. The molecule has 1 aliphatic heterocycles. The number of aryl methyl sites for hydroxylation is 1. The monoisotopic (exact) mass is 450 g/mol. The highest BCUT2D eigenvalue weighted by atomic mass is 19.1. The molecule has 2 aliphatic rings. The zero-order valence-corrected chi connectivity index (χ0v) is 18.5. The number of benzene rings is 1. The van der Waals surface area contributed by atoms with Crippen LogP contribution in [0.5, 0.6) is 0 Å². The smallest absolute Gasteiger partial charge is 0.312 e. The minimum atomic E-state index is -0.498. The molecule has 0 spiro atoms. The minimum absolute atomic E-state index is 0.0424. The van der Waals surface area contributed by atoms with Gasteiger partial charge in [0.1, 0.15) is 17.4 Å². The molecule has 3 aromatic rings. The van der Waals surface area contributed by atoms with Gasteiger partial charge < -0.3 is 16.0 Å². The summed E-state index contributed by atoms with van der Waals surface area (Å²) in [6.45, 7) is 3.40. The van der Waals surface area contributed by atoms with Crippen molar-refractivity contribution in [3.63, 3.8) is 0 Å². The molecule has 0 bridgehead atoms. The first-order valence-electron chi connectivity index (χ1n) is 11.3. The molecule has 0 unspecified atom stereocenters. The molecule has 1 saturated carbocycles. The Hall–Kier alpha value is -3.49. The van der Waals surface area contributed by atoms with Gasteiger partial charge in [-0.25, -0.2) is 14.2 Å². The summed E-state index contributed by atoms with van der Waals surface area (Å²) in [5.74, 6) is 0.916. The number of nitrogens with two attached hydrogens (primary N) is 1. The van der Waals surface area contributed by atoms with E-state index in [0.717, 1.165) is 60.8 Å². The molecule has 2 amide bonds. The molecule has 2 fully saturated rings. The van der Waals surface area contributed by atoms with Gasteiger partial charge in [0.05, 0.1) is 11.4 Å². The number of hydrogen-bond donors (Lipinski definition) is 2. The Labute approximate surface area is 191 Å². The van der Waals surface area contributed by atoms with Gasteiger partial charge in [-0.05, 0) is 49.8 Å². The molecule has 2 atom stereocenters. The van der Waals surface area contributed by atoms with Crippen LogP contribution in [-0.2, 0) is 11.2 Å². The summed E-state index contributed by atoms with van der Waals surface area (Å²) in [5.41, 5.74) is 8.57. The normalized spacial score (nSPS) is 20.7. The fourth-order valence-corrected chi connectivity index (χ4v) is 4.83. The number of carbonyl (C=O) groups excluding carboxylic acids is 2. The fraction of sp³-hybridized carbons (Fsp3) is 0.417. The number of Topliss-reactive ketones (excluding diaryl/α,β-unsaturated/α-hetero) is 1. The van der Waals surface area contributed by atoms with Crippen LogP contribution in [-0.4, -0.2) is 45.5 Å². The highest BCUT2D eigenvalue weighted by Crippen LogP contribution is 2.48. The van der Waals surface area contributed by atoms with E-state index >= 15 is 0 Å². The van der Waals surface area contributed by atoms with Crippen LogP contribution in [0, 0.1) is 18.7 Å². The minimum Gasteiger partial charge on any atom is -0.356 e. The lowest BCUT2D eigenvalue weighted by atomic mass is 10.0. The summed E-state index contributed by atoms with van der Waals surface area (Å²) in [4.78, 5) is 31.1. The number of halogens is 1. The van der Waals surface area contributed by atoms with Gasteiger partial charge in [-0.2, -0.15) is 9.61 Å². The number of carbonyl (C=O) groups is 2. The average Bonchev–Trinajstić information content (AvgIpc) is 3.49. The standard InChI is InChI=1S/C24H27FN6O2/c1-14-10-22-27-18(11-21(32)20-13-19(20)15-2-4-16(25)5-3-15)12-23(31(22)29-14)30-8-6-17(7-9-30)28-24(26)33/h2-5,10,12,17,19-20H,6-9,11,13H2,1H3,(H3,26,28,33)/t19-,20+/m0/s1. The van der Waals surface area contributed by atoms with Crippen molar-refractivity contribution < 1.29 is 14.0 Å². The van der Waals surface area contributed by atoms with E-state index in [2.05, 4.69) is 15.3 Å². The summed E-state index contributed by atoms with van der Waals surface area (Å²) in [6, 6.07) is 9.86. The first kappa shape index (κ1) is 21.4. The van der Waals surface area contributed by atoms with Crippen LogP contribution in [0.25, 0.3) is 5.65 Å². The number of amides is 2. The van der Waals surface area contributed by atoms with Gasteiger partial charge >= 0.3 is 6.03 Å². The molecule has 3 N–H and O–H groups in total. The number of nitrogens with zero attached hydrogens (tertiary/aromatic N) is 4. The molecule has 1 saturated heterocycles. The fourth-order valence-electron chi connectivity index (χ4n) is 4.83. The van der Waals surface area contributed by atoms with Crippen LogP contribution in [0.4, 0.5) is 15.0 Å². The molecule has 1 aromatic carbocycles. The summed E-state index contributed by atoms with van der Waals surface area (Å²) < 4.78 is 15.0. The highest BCUT2D eigenvalue weighted by Gasteiger charge is 2.43. The maximum atomic E-state index is 13.2. The lowest BCUT2D eigenvalue weighted by Gasteiger charge is -2.33. The van der Waals surface area contributed by atoms with E-state index in [9.17, 15) is 14.0 Å². The zero-order chi connectivity index (χ0) is 23.1. The summed E-state index contributed by atoms with van der Waals surface area (Å²) in [5, 5.41) is 7.37. The SMILES string of the molecule is Cc1cc2nc(CC(=O)[C@@H]3C[C@H]3c3ccc(F)cc3)cc(N3CCC(NC(N)=O)CC3)n2n1. The Kier molecular flexibility index (Phi) is 5.47. The number of nitrogens with one attached hydrogen (secondary N) is 1. The Morgan fingerprint density at radius 3 is 2.61 bits per heavy atom. The summed E-state index contributed by atoms with van der Waals surface area (Å²) in [7, 11) is 0. The Morgan fingerprint density at radius 1 is 1.18 bits per heavy atom. The number of anilines is 1. The van der Waals surface area contributed by atoms with Crippen molar-refractivity contribution in [2.75, 3.05) is 18.0 Å². The van der Waals surface area contributed by atoms with Crippen LogP contribution in [0.3, 0.4) is 0 Å². The van der Waals surface area contributed by atoms with Crippen molar-refractivity contribution in [2.24, 2.45) is 11.7 Å². The van der Waals surface area contributed by atoms with Crippen molar-refractivity contribution in [3.05, 3.63) is 59.2 Å². The lowest BCUT2D eigenvalue weighted by Crippen LogP contribution is -2.46. The number of piperidine rings is 1. The molecule has 172 valence electrons. The molecule has 1 aliphatic carbocycles. The second kappa shape index (κ2) is 8.46. The number of rotatable bonds is 6. The van der Waals surface area contributed by atoms with Crippen molar-refractivity contribution in [3.8, 4) is 0 Å². The topological polar surface area (TPSA) is 106 Å². The molecule has 9 heteroatoms. The van der Waals surface area contributed by atoms with Crippen molar-refractivity contribution in [1.82, 2.24) is 19.9 Å². The van der Waals surface area contributed by atoms with E-state index in [-0.39, 0.29) is 35.9 Å². The number of primary amides is 1. The van der Waals surface area contributed by atoms with E-state index in [1.165, 1.54) is 12.1 Å². The first-order valence-corrected chi connectivity index (χ1v) is 11.3. The van der Waals surface area contributed by atoms with Gasteiger partial charge in [0, 0.05) is 43.6 Å². The maximum absolute atomic E-state index is 13.2. The van der Waals surface area contributed by atoms with E-state index in [0.29, 0.717) is 0 Å². The van der Waals surface area contributed by atoms with E-state index in [4.69, 9.17) is 10.7 Å². The summed E-state index contributed by atoms with van der Waals surface area (Å²) in [6.07, 6.45) is 2.62. The molecule has 5 rings (SSSR count). The van der Waals surface area contributed by atoms with E-state index < -0.39 is 6.03 Å². The average molecular weight is 451 g/mol.